The number of carbonyl (C=O) groups is 1. The topological polar surface area (TPSA) is 52.6 Å². The van der Waals surface area contributed by atoms with Gasteiger partial charge in [0.05, 0.1) is 6.54 Å². The maximum Gasteiger partial charge on any atom is 0.317 e. The first kappa shape index (κ1) is 14.8. The van der Waals surface area contributed by atoms with Crippen LogP contribution in [0, 0.1) is 5.92 Å². The smallest absolute Gasteiger partial charge is 0.317 e. The predicted molar refractivity (Wildman–Crippen MR) is 76.3 cm³/mol. The number of aliphatic carboxylic acids is 1. The molecule has 4 heteroatoms. The highest BCUT2D eigenvalue weighted by molar-refractivity contribution is 5.68. The van der Waals surface area contributed by atoms with E-state index in [-0.39, 0.29) is 6.54 Å². The molecule has 2 N–H and O–H groups in total. The first-order valence-electron chi connectivity index (χ1n) is 7.92. The zero-order chi connectivity index (χ0) is 13.5. The molecule has 0 aromatic carbocycles. The van der Waals surface area contributed by atoms with Crippen LogP contribution in [0.25, 0.3) is 0 Å². The second kappa shape index (κ2) is 7.85. The fraction of sp³-hybridized carbons (Fsp3) is 0.933. The largest absolute Gasteiger partial charge is 0.480 e. The van der Waals surface area contributed by atoms with Gasteiger partial charge in [-0.05, 0) is 44.7 Å². The fourth-order valence-corrected chi connectivity index (χ4v) is 3.60. The van der Waals surface area contributed by atoms with Crippen molar-refractivity contribution in [1.29, 1.82) is 0 Å². The molecule has 0 amide bonds. The van der Waals surface area contributed by atoms with Gasteiger partial charge in [-0.3, -0.25) is 4.79 Å². The standard InChI is InChI=1S/C15H28N2O2/c18-15(19)11-16-10-13-6-5-9-17(12-13)14-7-3-1-2-4-8-14/h13-14,16H,1-12H2,(H,18,19). The molecule has 2 fully saturated rings. The molecule has 1 unspecified atom stereocenters. The van der Waals surface area contributed by atoms with Crippen LogP contribution in [0.2, 0.25) is 0 Å². The summed E-state index contributed by atoms with van der Waals surface area (Å²) in [5, 5.41) is 11.7. The molecule has 0 aromatic heterocycles. The van der Waals surface area contributed by atoms with Gasteiger partial charge in [-0.25, -0.2) is 0 Å². The van der Waals surface area contributed by atoms with Crippen LogP contribution >= 0.6 is 0 Å². The van der Waals surface area contributed by atoms with E-state index in [0.29, 0.717) is 5.92 Å². The normalized spacial score (nSPS) is 27.1. The quantitative estimate of drug-likeness (QED) is 0.750. The van der Waals surface area contributed by atoms with E-state index in [1.165, 1.54) is 57.9 Å². The summed E-state index contributed by atoms with van der Waals surface area (Å²) in [6.45, 7) is 3.37. The molecule has 1 aliphatic carbocycles. The Kier molecular flexibility index (Phi) is 6.11. The Balaban J connectivity index is 1.74. The molecule has 19 heavy (non-hydrogen) atoms. The van der Waals surface area contributed by atoms with Crippen LogP contribution in [0.1, 0.15) is 51.4 Å². The van der Waals surface area contributed by atoms with Crippen molar-refractivity contribution < 1.29 is 9.90 Å². The number of nitrogens with zero attached hydrogens (tertiary/aromatic N) is 1. The number of nitrogens with one attached hydrogen (secondary N) is 1. The second-order valence-corrected chi connectivity index (χ2v) is 6.17. The zero-order valence-corrected chi connectivity index (χ0v) is 11.9. The van der Waals surface area contributed by atoms with E-state index in [4.69, 9.17) is 5.11 Å². The molecule has 0 bridgehead atoms. The third-order valence-electron chi connectivity index (χ3n) is 4.60. The van der Waals surface area contributed by atoms with E-state index >= 15 is 0 Å². The lowest BCUT2D eigenvalue weighted by molar-refractivity contribution is -0.136. The Labute approximate surface area is 116 Å². The number of rotatable bonds is 5. The van der Waals surface area contributed by atoms with E-state index in [1.54, 1.807) is 0 Å². The van der Waals surface area contributed by atoms with Crippen LogP contribution in [0.15, 0.2) is 0 Å². The predicted octanol–water partition coefficient (Wildman–Crippen LogP) is 2.10. The first-order valence-corrected chi connectivity index (χ1v) is 7.92. The lowest BCUT2D eigenvalue weighted by Crippen LogP contribution is -2.45. The summed E-state index contributed by atoms with van der Waals surface area (Å²) in [5.41, 5.74) is 0. The van der Waals surface area contributed by atoms with Crippen molar-refractivity contribution in [3.63, 3.8) is 0 Å². The molecular weight excluding hydrogens is 240 g/mol. The molecule has 110 valence electrons. The van der Waals surface area contributed by atoms with E-state index in [1.807, 2.05) is 0 Å². The third kappa shape index (κ3) is 5.11. The molecule has 1 saturated carbocycles. The summed E-state index contributed by atoms with van der Waals surface area (Å²) >= 11 is 0. The minimum atomic E-state index is -0.753. The molecule has 2 rings (SSSR count). The maximum atomic E-state index is 10.5. The number of carboxylic acids is 1. The van der Waals surface area contributed by atoms with Gasteiger partial charge >= 0.3 is 5.97 Å². The van der Waals surface area contributed by atoms with Crippen LogP contribution in [-0.2, 0) is 4.79 Å². The molecule has 1 saturated heterocycles. The van der Waals surface area contributed by atoms with Gasteiger partial charge in [-0.1, -0.05) is 25.7 Å². The monoisotopic (exact) mass is 268 g/mol. The molecule has 0 spiro atoms. The van der Waals surface area contributed by atoms with Crippen LogP contribution in [0.5, 0.6) is 0 Å². The lowest BCUT2D eigenvalue weighted by Gasteiger charge is -2.38. The van der Waals surface area contributed by atoms with Crippen molar-refractivity contribution in [2.45, 2.75) is 57.4 Å². The van der Waals surface area contributed by atoms with E-state index in [2.05, 4.69) is 10.2 Å². The first-order chi connectivity index (χ1) is 9.25. The summed E-state index contributed by atoms with van der Waals surface area (Å²) in [6.07, 6.45) is 10.9. The van der Waals surface area contributed by atoms with Crippen molar-refractivity contribution >= 4 is 5.97 Å². The molecule has 1 heterocycles. The Hall–Kier alpha value is -0.610. The van der Waals surface area contributed by atoms with Crippen molar-refractivity contribution in [3.05, 3.63) is 0 Å². The molecule has 1 atom stereocenters. The van der Waals surface area contributed by atoms with Gasteiger partial charge < -0.3 is 15.3 Å². The lowest BCUT2D eigenvalue weighted by atomic mass is 9.95. The van der Waals surface area contributed by atoms with Crippen molar-refractivity contribution in [2.75, 3.05) is 26.2 Å². The molecule has 4 nitrogen and oxygen atoms in total. The number of hydrogen-bond acceptors (Lipinski definition) is 3. The van der Waals surface area contributed by atoms with Gasteiger partial charge in [0.2, 0.25) is 0 Å². The van der Waals surface area contributed by atoms with Gasteiger partial charge in [0, 0.05) is 12.6 Å². The zero-order valence-electron chi connectivity index (χ0n) is 11.9. The Morgan fingerprint density at radius 1 is 1.11 bits per heavy atom. The highest BCUT2D eigenvalue weighted by atomic mass is 16.4. The minimum Gasteiger partial charge on any atom is -0.480 e. The fourth-order valence-electron chi connectivity index (χ4n) is 3.60. The van der Waals surface area contributed by atoms with Crippen molar-refractivity contribution in [2.24, 2.45) is 5.92 Å². The molecular formula is C15H28N2O2. The van der Waals surface area contributed by atoms with Crippen LogP contribution in [-0.4, -0.2) is 48.2 Å². The van der Waals surface area contributed by atoms with Gasteiger partial charge in [0.1, 0.15) is 0 Å². The maximum absolute atomic E-state index is 10.5. The second-order valence-electron chi connectivity index (χ2n) is 6.17. The van der Waals surface area contributed by atoms with Gasteiger partial charge in [0.25, 0.3) is 0 Å². The summed E-state index contributed by atoms with van der Waals surface area (Å²) < 4.78 is 0. The average molecular weight is 268 g/mol. The number of likely N-dealkylation sites (tertiary alicyclic amines) is 1. The van der Waals surface area contributed by atoms with Crippen LogP contribution in [0.4, 0.5) is 0 Å². The number of carboxylic acid groups (broad SMARTS) is 1. The summed E-state index contributed by atoms with van der Waals surface area (Å²) in [6, 6.07) is 0.796. The summed E-state index contributed by atoms with van der Waals surface area (Å²) in [4.78, 5) is 13.2. The van der Waals surface area contributed by atoms with Crippen LogP contribution < -0.4 is 5.32 Å². The summed E-state index contributed by atoms with van der Waals surface area (Å²) in [5.74, 6) is -0.118. The van der Waals surface area contributed by atoms with Gasteiger partial charge in [-0.15, -0.1) is 0 Å². The van der Waals surface area contributed by atoms with E-state index in [9.17, 15) is 4.79 Å². The molecule has 0 radical (unpaired) electrons. The molecule has 1 aliphatic heterocycles. The Morgan fingerprint density at radius 3 is 2.53 bits per heavy atom. The summed E-state index contributed by atoms with van der Waals surface area (Å²) in [7, 11) is 0. The number of piperidine rings is 1. The average Bonchev–Trinajstić information content (AvgIpc) is 2.67. The number of hydrogen-bond donors (Lipinski definition) is 2. The SMILES string of the molecule is O=C(O)CNCC1CCCN(C2CCCCCC2)C1. The van der Waals surface area contributed by atoms with Gasteiger partial charge in [-0.2, -0.15) is 0 Å². The van der Waals surface area contributed by atoms with E-state index in [0.717, 1.165) is 19.1 Å². The van der Waals surface area contributed by atoms with E-state index < -0.39 is 5.97 Å². The van der Waals surface area contributed by atoms with Crippen LogP contribution in [0.3, 0.4) is 0 Å². The molecule has 2 aliphatic rings. The Morgan fingerprint density at radius 2 is 1.84 bits per heavy atom. The molecule has 0 aromatic rings. The van der Waals surface area contributed by atoms with Gasteiger partial charge in [0.15, 0.2) is 0 Å². The minimum absolute atomic E-state index is 0.0972. The highest BCUT2D eigenvalue weighted by Crippen LogP contribution is 2.26. The Bertz CT molecular complexity index is 275. The van der Waals surface area contributed by atoms with Crippen molar-refractivity contribution in [3.8, 4) is 0 Å². The highest BCUT2D eigenvalue weighted by Gasteiger charge is 2.26. The van der Waals surface area contributed by atoms with Crippen molar-refractivity contribution in [1.82, 2.24) is 10.2 Å². The third-order valence-corrected chi connectivity index (χ3v) is 4.60.